The van der Waals surface area contributed by atoms with Gasteiger partial charge in [0.25, 0.3) is 0 Å². The van der Waals surface area contributed by atoms with Crippen LogP contribution >= 0.6 is 0 Å². The second-order valence-electron chi connectivity index (χ2n) is 24.7. The van der Waals surface area contributed by atoms with E-state index in [1.807, 2.05) is 102 Å². The van der Waals surface area contributed by atoms with E-state index in [2.05, 4.69) is 20.6 Å². The molecule has 5 atom stereocenters. The molecule has 2 amide bonds. The van der Waals surface area contributed by atoms with Crippen LogP contribution in [0.1, 0.15) is 165 Å². The van der Waals surface area contributed by atoms with E-state index in [1.165, 1.54) is 0 Å². The van der Waals surface area contributed by atoms with Crippen molar-refractivity contribution in [1.82, 2.24) is 10.6 Å². The Hall–Kier alpha value is -9.00. The van der Waals surface area contributed by atoms with Crippen molar-refractivity contribution in [1.29, 1.82) is 0 Å². The maximum Gasteiger partial charge on any atom is 0.340 e. The maximum absolute atomic E-state index is 14.7. The normalized spacial score (nSPS) is 15.1. The van der Waals surface area contributed by atoms with Crippen molar-refractivity contribution in [2.75, 3.05) is 13.1 Å². The van der Waals surface area contributed by atoms with Gasteiger partial charge in [0.1, 0.15) is 23.9 Å². The van der Waals surface area contributed by atoms with Crippen LogP contribution in [-0.2, 0) is 69.7 Å². The van der Waals surface area contributed by atoms with Gasteiger partial charge in [-0.1, -0.05) is 133 Å². The van der Waals surface area contributed by atoms with Crippen LogP contribution in [0, 0.1) is 29.6 Å². The number of nitrogens with zero attached hydrogens (tertiary/aromatic N) is 2. The Morgan fingerprint density at radius 3 is 1.56 bits per heavy atom. The standard InChI is InChI=1S/C70H86N8O11/c1-42(2)31-50(38-52(79)25-21-45-15-9-7-10-16-45)65(84)77-57(19-13-29-75-68(71)72)60(81)34-47-22-27-54-62(36-47)88-63-37-48(23-28-55(63)70(54)56-39-49(59(80)33-44(5)6)24-26-53(56)67(86)89-70)35-61(82)58(20-14-30-76-69(73)74)78-66(85)51(32-43(3)4)40-64(83)87-41-46-17-11-8-12-18-46/h7-12,15-18,22-24,26-28,36-37,39,42-44,50-51,57-58H,13-14,19-21,25,29-35,38,40-41H2,1-6H3,(H,77,84)(H,78,85)(H4,71,72,75)(H4,73,74,76). The fourth-order valence-electron chi connectivity index (χ4n) is 11.6. The number of aryl methyl sites for hydroxylation is 1. The first-order valence-electron chi connectivity index (χ1n) is 30.9. The van der Waals surface area contributed by atoms with E-state index in [9.17, 15) is 38.4 Å². The number of aliphatic imine (C=N–C) groups is 2. The summed E-state index contributed by atoms with van der Waals surface area (Å²) in [4.78, 5) is 121. The third-order valence-electron chi connectivity index (χ3n) is 15.8. The number of fused-ring (bicyclic) bond motifs is 6. The van der Waals surface area contributed by atoms with E-state index in [4.69, 9.17) is 37.1 Å². The van der Waals surface area contributed by atoms with E-state index in [0.717, 1.165) is 11.1 Å². The van der Waals surface area contributed by atoms with Crippen molar-refractivity contribution in [3.63, 3.8) is 0 Å². The zero-order valence-corrected chi connectivity index (χ0v) is 52.0. The van der Waals surface area contributed by atoms with E-state index in [1.54, 1.807) is 54.6 Å². The lowest BCUT2D eigenvalue weighted by Gasteiger charge is -2.37. The SMILES string of the molecule is CC(C)CC(=O)c1ccc2c(c1)C1(OC2=O)c2ccc(CC(=O)C(CCCN=C(N)N)NC(=O)C(CC(=O)CCc3ccccc3)CC(C)C)cc2Oc2cc(CC(=O)C(CCCN=C(N)N)NC(=O)C(CC(=O)OCc3ccccc3)CC(C)C)ccc21. The van der Waals surface area contributed by atoms with Gasteiger partial charge in [-0.3, -0.25) is 43.5 Å². The number of carbonyl (C=O) groups excluding carboxylic acids is 8. The Kier molecular flexibility index (Phi) is 24.1. The lowest BCUT2D eigenvalue weighted by Crippen LogP contribution is -2.45. The van der Waals surface area contributed by atoms with Crippen molar-refractivity contribution in [3.8, 4) is 11.5 Å². The molecule has 0 saturated carbocycles. The number of hydrogen-bond donors (Lipinski definition) is 6. The summed E-state index contributed by atoms with van der Waals surface area (Å²) in [5.41, 5.74) is 25.5. The van der Waals surface area contributed by atoms with Gasteiger partial charge in [-0.05, 0) is 109 Å². The van der Waals surface area contributed by atoms with Gasteiger partial charge in [0.2, 0.25) is 11.8 Å². The van der Waals surface area contributed by atoms with Crippen LogP contribution in [0.15, 0.2) is 125 Å². The highest BCUT2D eigenvalue weighted by molar-refractivity contribution is 6.02. The number of carbonyl (C=O) groups is 8. The molecular weight excluding hydrogens is 1130 g/mol. The summed E-state index contributed by atoms with van der Waals surface area (Å²) >= 11 is 0. The number of rotatable bonds is 34. The van der Waals surface area contributed by atoms with Crippen molar-refractivity contribution in [2.24, 2.45) is 62.5 Å². The number of benzene rings is 5. The first kappa shape index (κ1) is 67.5. The summed E-state index contributed by atoms with van der Waals surface area (Å²) in [7, 11) is 0. The molecule has 0 aromatic heterocycles. The zero-order valence-electron chi connectivity index (χ0n) is 52.0. The molecule has 19 nitrogen and oxygen atoms in total. The van der Waals surface area contributed by atoms with Crippen LogP contribution in [0.4, 0.5) is 0 Å². The summed E-state index contributed by atoms with van der Waals surface area (Å²) in [6, 6.07) is 31.9. The minimum Gasteiger partial charge on any atom is -0.461 e. The molecule has 1 spiro atoms. The molecule has 2 heterocycles. The predicted molar refractivity (Wildman–Crippen MR) is 341 cm³/mol. The van der Waals surface area contributed by atoms with Gasteiger partial charge in [-0.15, -0.1) is 0 Å². The topological polar surface area (TPSA) is 317 Å². The second kappa shape index (κ2) is 31.8. The third kappa shape index (κ3) is 19.0. The Morgan fingerprint density at radius 1 is 0.562 bits per heavy atom. The highest BCUT2D eigenvalue weighted by atomic mass is 16.6. The number of esters is 2. The zero-order chi connectivity index (χ0) is 64.4. The molecule has 0 fully saturated rings. The average Bonchev–Trinajstić information content (AvgIpc) is 1.63. The minimum absolute atomic E-state index is 0.0143. The Morgan fingerprint density at radius 2 is 1.07 bits per heavy atom. The third-order valence-corrected chi connectivity index (χ3v) is 15.8. The average molecular weight is 1220 g/mol. The quantitative estimate of drug-likeness (QED) is 0.00737. The summed E-state index contributed by atoms with van der Waals surface area (Å²) in [5.74, 6) is -4.14. The van der Waals surface area contributed by atoms with Crippen LogP contribution in [0.25, 0.3) is 0 Å². The van der Waals surface area contributed by atoms with Gasteiger partial charge < -0.3 is 47.8 Å². The summed E-state index contributed by atoms with van der Waals surface area (Å²) < 4.78 is 18.9. The fourth-order valence-corrected chi connectivity index (χ4v) is 11.6. The van der Waals surface area contributed by atoms with E-state index in [-0.39, 0.29) is 141 Å². The Labute approximate surface area is 521 Å². The van der Waals surface area contributed by atoms with E-state index >= 15 is 0 Å². The molecular formula is C70H86N8O11. The smallest absolute Gasteiger partial charge is 0.340 e. The number of ether oxygens (including phenoxy) is 3. The van der Waals surface area contributed by atoms with Crippen molar-refractivity contribution < 1.29 is 52.6 Å². The summed E-state index contributed by atoms with van der Waals surface area (Å²) in [5, 5.41) is 5.95. The molecule has 10 N–H and O–H groups in total. The molecule has 0 aliphatic carbocycles. The highest BCUT2D eigenvalue weighted by Gasteiger charge is 2.54. The second-order valence-corrected chi connectivity index (χ2v) is 24.7. The molecule has 5 unspecified atom stereocenters. The van der Waals surface area contributed by atoms with Crippen LogP contribution in [0.3, 0.4) is 0 Å². The largest absolute Gasteiger partial charge is 0.461 e. The number of nitrogens with two attached hydrogens (primary N) is 4. The fraction of sp³-hybridized carbons (Fsp3) is 0.429. The van der Waals surface area contributed by atoms with Crippen molar-refractivity contribution in [2.45, 2.75) is 149 Å². The van der Waals surface area contributed by atoms with Gasteiger partial charge in [-0.25, -0.2) is 4.79 Å². The Balaban J connectivity index is 1.20. The van der Waals surface area contributed by atoms with Crippen LogP contribution in [-0.4, -0.2) is 84.0 Å². The lowest BCUT2D eigenvalue weighted by atomic mass is 9.76. The first-order chi connectivity index (χ1) is 42.5. The van der Waals surface area contributed by atoms with Crippen LogP contribution < -0.4 is 38.3 Å². The molecule has 5 aromatic rings. The number of hydrogen-bond acceptors (Lipinski definition) is 13. The van der Waals surface area contributed by atoms with Crippen LogP contribution in [0.2, 0.25) is 0 Å². The molecule has 0 bridgehead atoms. The molecule has 2 aliphatic rings. The molecule has 2 aliphatic heterocycles. The summed E-state index contributed by atoms with van der Waals surface area (Å²) in [6.45, 7) is 12.1. The monoisotopic (exact) mass is 1210 g/mol. The molecule has 0 radical (unpaired) electrons. The number of ketones is 4. The molecule has 7 rings (SSSR count). The van der Waals surface area contributed by atoms with Gasteiger partial charge in [0, 0.05) is 79.3 Å². The van der Waals surface area contributed by atoms with Crippen molar-refractivity contribution >= 4 is 58.8 Å². The number of guanidine groups is 2. The molecule has 89 heavy (non-hydrogen) atoms. The molecule has 0 saturated heterocycles. The highest BCUT2D eigenvalue weighted by Crippen LogP contribution is 2.56. The number of amides is 2. The van der Waals surface area contributed by atoms with Gasteiger partial charge in [-0.2, -0.15) is 0 Å². The summed E-state index contributed by atoms with van der Waals surface area (Å²) in [6.07, 6.45) is 2.27. The van der Waals surface area contributed by atoms with Gasteiger partial charge >= 0.3 is 11.9 Å². The molecule has 5 aromatic carbocycles. The number of nitrogens with one attached hydrogen (secondary N) is 2. The molecule has 472 valence electrons. The van der Waals surface area contributed by atoms with Gasteiger partial charge in [0.15, 0.2) is 34.9 Å². The van der Waals surface area contributed by atoms with Crippen LogP contribution in [0.5, 0.6) is 11.5 Å². The number of Topliss-reactive ketones (excluding diaryl/α,β-unsaturated/α-hetero) is 4. The lowest BCUT2D eigenvalue weighted by molar-refractivity contribution is -0.148. The minimum atomic E-state index is -1.67. The van der Waals surface area contributed by atoms with Crippen molar-refractivity contribution in [3.05, 3.63) is 165 Å². The maximum atomic E-state index is 14.7. The van der Waals surface area contributed by atoms with Gasteiger partial charge in [0.05, 0.1) is 24.1 Å². The Bertz CT molecular complexity index is 3230. The molecule has 19 heteroatoms. The van der Waals surface area contributed by atoms with E-state index in [0.29, 0.717) is 65.5 Å². The first-order valence-corrected chi connectivity index (χ1v) is 30.9. The predicted octanol–water partition coefficient (Wildman–Crippen LogP) is 8.83. The van der Waals surface area contributed by atoms with E-state index < -0.39 is 53.3 Å².